The second kappa shape index (κ2) is 2.92. The predicted molar refractivity (Wildman–Crippen MR) is 51.4 cm³/mol. The predicted octanol–water partition coefficient (Wildman–Crippen LogP) is 2.83. The van der Waals surface area contributed by atoms with Gasteiger partial charge in [-0.25, -0.2) is 0 Å². The summed E-state index contributed by atoms with van der Waals surface area (Å²) in [6.45, 7) is 11.0. The van der Waals surface area contributed by atoms with E-state index in [1.54, 1.807) is 0 Å². The smallest absolute Gasteiger partial charge is 0.0524 e. The fourth-order valence-corrected chi connectivity index (χ4v) is 1.33. The van der Waals surface area contributed by atoms with Gasteiger partial charge in [0.15, 0.2) is 0 Å². The number of hydrogen-bond donors (Lipinski definition) is 1. The first kappa shape index (κ1) is 9.30. The molecule has 0 aliphatic heterocycles. The average Bonchev–Trinajstić information content (AvgIpc) is 2.30. The third-order valence-corrected chi connectivity index (χ3v) is 2.04. The van der Waals surface area contributed by atoms with Crippen LogP contribution in [0.4, 0.5) is 0 Å². The van der Waals surface area contributed by atoms with Gasteiger partial charge in [-0.2, -0.15) is 5.10 Å². The summed E-state index contributed by atoms with van der Waals surface area (Å²) >= 11 is 0. The number of nitrogens with one attached hydrogen (secondary N) is 1. The molecule has 0 bridgehead atoms. The van der Waals surface area contributed by atoms with E-state index in [1.165, 1.54) is 11.3 Å². The molecule has 0 radical (unpaired) electrons. The molecule has 0 saturated carbocycles. The van der Waals surface area contributed by atoms with Crippen molar-refractivity contribution in [3.63, 3.8) is 0 Å². The molecule has 1 aromatic rings. The first-order valence-corrected chi connectivity index (χ1v) is 4.46. The minimum Gasteiger partial charge on any atom is -0.282 e. The van der Waals surface area contributed by atoms with Gasteiger partial charge in [0.05, 0.1) is 6.20 Å². The van der Waals surface area contributed by atoms with Crippen LogP contribution in [0.15, 0.2) is 6.20 Å². The standard InChI is InChI=1S/C10H18N2/c1-7(2)8-6-11-12-9(8)10(3,4)5/h6-7H,1-5H3,(H,11,12). The van der Waals surface area contributed by atoms with E-state index >= 15 is 0 Å². The Hall–Kier alpha value is -0.790. The first-order chi connectivity index (χ1) is 5.43. The van der Waals surface area contributed by atoms with Gasteiger partial charge in [-0.3, -0.25) is 5.10 Å². The van der Waals surface area contributed by atoms with Crippen molar-refractivity contribution in [2.75, 3.05) is 0 Å². The van der Waals surface area contributed by atoms with Crippen molar-refractivity contribution in [3.05, 3.63) is 17.5 Å². The summed E-state index contributed by atoms with van der Waals surface area (Å²) in [7, 11) is 0. The molecule has 2 nitrogen and oxygen atoms in total. The second-order valence-electron chi connectivity index (χ2n) is 4.61. The van der Waals surface area contributed by atoms with Gasteiger partial charge in [0, 0.05) is 11.1 Å². The van der Waals surface area contributed by atoms with Gasteiger partial charge in [-0.15, -0.1) is 0 Å². The van der Waals surface area contributed by atoms with Gasteiger partial charge in [0.1, 0.15) is 0 Å². The maximum absolute atomic E-state index is 4.08. The van der Waals surface area contributed by atoms with Crippen molar-refractivity contribution in [1.82, 2.24) is 10.2 Å². The fraction of sp³-hybridized carbons (Fsp3) is 0.700. The minimum absolute atomic E-state index is 0.177. The van der Waals surface area contributed by atoms with Crippen LogP contribution in [0.1, 0.15) is 51.8 Å². The molecule has 0 saturated heterocycles. The summed E-state index contributed by atoms with van der Waals surface area (Å²) in [6, 6.07) is 0. The number of hydrogen-bond acceptors (Lipinski definition) is 1. The molecule has 1 heterocycles. The van der Waals surface area contributed by atoms with Crippen LogP contribution < -0.4 is 0 Å². The van der Waals surface area contributed by atoms with E-state index in [0.29, 0.717) is 5.92 Å². The molecular weight excluding hydrogens is 148 g/mol. The van der Waals surface area contributed by atoms with Gasteiger partial charge in [-0.05, 0) is 11.5 Å². The monoisotopic (exact) mass is 166 g/mol. The molecule has 2 heteroatoms. The molecule has 1 rings (SSSR count). The zero-order valence-corrected chi connectivity index (χ0v) is 8.60. The van der Waals surface area contributed by atoms with Crippen molar-refractivity contribution in [3.8, 4) is 0 Å². The van der Waals surface area contributed by atoms with E-state index in [0.717, 1.165) is 0 Å². The fourth-order valence-electron chi connectivity index (χ4n) is 1.33. The highest BCUT2D eigenvalue weighted by Gasteiger charge is 2.20. The lowest BCUT2D eigenvalue weighted by Crippen LogP contribution is -2.14. The third kappa shape index (κ3) is 1.68. The quantitative estimate of drug-likeness (QED) is 0.682. The van der Waals surface area contributed by atoms with E-state index < -0.39 is 0 Å². The summed E-state index contributed by atoms with van der Waals surface area (Å²) in [5, 5.41) is 7.16. The maximum Gasteiger partial charge on any atom is 0.0524 e. The Morgan fingerprint density at radius 1 is 1.33 bits per heavy atom. The summed E-state index contributed by atoms with van der Waals surface area (Å²) < 4.78 is 0. The number of aromatic amines is 1. The molecule has 12 heavy (non-hydrogen) atoms. The zero-order chi connectivity index (χ0) is 9.35. The van der Waals surface area contributed by atoms with Crippen molar-refractivity contribution in [1.29, 1.82) is 0 Å². The second-order valence-corrected chi connectivity index (χ2v) is 4.61. The SMILES string of the molecule is CC(C)c1cn[nH]c1C(C)(C)C. The highest BCUT2D eigenvalue weighted by molar-refractivity contribution is 5.26. The Morgan fingerprint density at radius 2 is 1.92 bits per heavy atom. The molecular formula is C10H18N2. The van der Waals surface area contributed by atoms with E-state index in [9.17, 15) is 0 Å². The lowest BCUT2D eigenvalue weighted by Gasteiger charge is -2.19. The highest BCUT2D eigenvalue weighted by Crippen LogP contribution is 2.27. The highest BCUT2D eigenvalue weighted by atomic mass is 15.1. The Bertz CT molecular complexity index is 253. The summed E-state index contributed by atoms with van der Waals surface area (Å²) in [4.78, 5) is 0. The van der Waals surface area contributed by atoms with E-state index in [4.69, 9.17) is 0 Å². The molecule has 0 aliphatic rings. The van der Waals surface area contributed by atoms with Gasteiger partial charge < -0.3 is 0 Å². The largest absolute Gasteiger partial charge is 0.282 e. The Balaban J connectivity index is 3.08. The van der Waals surface area contributed by atoms with Crippen LogP contribution in [0.25, 0.3) is 0 Å². The lowest BCUT2D eigenvalue weighted by atomic mass is 9.86. The summed E-state index contributed by atoms with van der Waals surface area (Å²) in [5.41, 5.74) is 2.77. The van der Waals surface area contributed by atoms with Crippen molar-refractivity contribution < 1.29 is 0 Å². The Kier molecular flexibility index (Phi) is 2.27. The van der Waals surface area contributed by atoms with Crippen LogP contribution in [0.2, 0.25) is 0 Å². The van der Waals surface area contributed by atoms with Gasteiger partial charge in [0.2, 0.25) is 0 Å². The molecule has 1 N–H and O–H groups in total. The number of H-pyrrole nitrogens is 1. The summed E-state index contributed by atoms with van der Waals surface area (Å²) in [6.07, 6.45) is 1.94. The first-order valence-electron chi connectivity index (χ1n) is 4.46. The van der Waals surface area contributed by atoms with Crippen molar-refractivity contribution in [2.45, 2.75) is 46.0 Å². The van der Waals surface area contributed by atoms with Crippen molar-refractivity contribution >= 4 is 0 Å². The molecule has 0 atom stereocenters. The van der Waals surface area contributed by atoms with Crippen LogP contribution in [0.3, 0.4) is 0 Å². The van der Waals surface area contributed by atoms with E-state index in [2.05, 4.69) is 44.8 Å². The number of nitrogens with zero attached hydrogens (tertiary/aromatic N) is 1. The average molecular weight is 166 g/mol. The Labute approximate surface area is 74.4 Å². The maximum atomic E-state index is 4.08. The topological polar surface area (TPSA) is 28.7 Å². The van der Waals surface area contributed by atoms with Gasteiger partial charge >= 0.3 is 0 Å². The number of rotatable bonds is 1. The van der Waals surface area contributed by atoms with Gasteiger partial charge in [-0.1, -0.05) is 34.6 Å². The van der Waals surface area contributed by atoms with Crippen LogP contribution in [-0.4, -0.2) is 10.2 Å². The molecule has 0 unspecified atom stereocenters. The van der Waals surface area contributed by atoms with Crippen LogP contribution >= 0.6 is 0 Å². The number of aromatic nitrogens is 2. The van der Waals surface area contributed by atoms with Crippen LogP contribution in [-0.2, 0) is 5.41 Å². The molecule has 0 fully saturated rings. The molecule has 1 aromatic heterocycles. The van der Waals surface area contributed by atoms with Crippen LogP contribution in [0.5, 0.6) is 0 Å². The van der Waals surface area contributed by atoms with Gasteiger partial charge in [0.25, 0.3) is 0 Å². The normalized spacial score (nSPS) is 12.5. The lowest BCUT2D eigenvalue weighted by molar-refractivity contribution is 0.556. The zero-order valence-electron chi connectivity index (χ0n) is 8.60. The molecule has 0 aliphatic carbocycles. The molecule has 0 spiro atoms. The van der Waals surface area contributed by atoms with Crippen LogP contribution in [0, 0.1) is 0 Å². The third-order valence-electron chi connectivity index (χ3n) is 2.04. The molecule has 68 valence electrons. The van der Waals surface area contributed by atoms with E-state index in [1.807, 2.05) is 6.20 Å². The molecule has 0 amide bonds. The molecule has 0 aromatic carbocycles. The van der Waals surface area contributed by atoms with E-state index in [-0.39, 0.29) is 5.41 Å². The Morgan fingerprint density at radius 3 is 2.25 bits per heavy atom. The van der Waals surface area contributed by atoms with Crippen molar-refractivity contribution in [2.24, 2.45) is 0 Å². The summed E-state index contributed by atoms with van der Waals surface area (Å²) in [5.74, 6) is 0.554. The minimum atomic E-state index is 0.177.